The molecule has 2 aromatic heterocycles. The van der Waals surface area contributed by atoms with E-state index in [2.05, 4.69) is 21.4 Å². The number of halogens is 1. The molecule has 0 spiro atoms. The number of nitrogens with one attached hydrogen (secondary N) is 3. The summed E-state index contributed by atoms with van der Waals surface area (Å²) in [7, 11) is 0. The summed E-state index contributed by atoms with van der Waals surface area (Å²) >= 11 is 6.55. The van der Waals surface area contributed by atoms with Gasteiger partial charge in [-0.15, -0.1) is 0 Å². The number of carbonyl (C=O) groups excluding carboxylic acids is 1. The highest BCUT2D eigenvalue weighted by molar-refractivity contribution is 6.31. The van der Waals surface area contributed by atoms with Crippen molar-refractivity contribution in [3.05, 3.63) is 117 Å². The second kappa shape index (κ2) is 8.36. The van der Waals surface area contributed by atoms with Crippen molar-refractivity contribution >= 4 is 39.3 Å². The maximum Gasteiger partial charge on any atom is 0.252 e. The van der Waals surface area contributed by atoms with Crippen molar-refractivity contribution in [2.45, 2.75) is 5.92 Å². The van der Waals surface area contributed by atoms with Crippen LogP contribution < -0.4 is 10.9 Å². The van der Waals surface area contributed by atoms with E-state index in [4.69, 9.17) is 11.6 Å². The van der Waals surface area contributed by atoms with Crippen molar-refractivity contribution in [2.24, 2.45) is 0 Å². The zero-order valence-electron chi connectivity index (χ0n) is 17.1. The lowest BCUT2D eigenvalue weighted by atomic mass is 9.90. The van der Waals surface area contributed by atoms with Gasteiger partial charge in [0.15, 0.2) is 0 Å². The predicted molar refractivity (Wildman–Crippen MR) is 128 cm³/mol. The van der Waals surface area contributed by atoms with Crippen LogP contribution in [0.2, 0.25) is 5.02 Å². The minimum Gasteiger partial charge on any atom is -0.361 e. The van der Waals surface area contributed by atoms with Crippen LogP contribution in [0.4, 0.5) is 0 Å². The summed E-state index contributed by atoms with van der Waals surface area (Å²) in [5, 5.41) is 5.45. The first-order valence-electron chi connectivity index (χ1n) is 10.3. The molecule has 5 rings (SSSR count). The number of carbonyl (C=O) groups is 1. The molecular weight excluding hydrogens is 422 g/mol. The monoisotopic (exact) mass is 441 g/mol. The van der Waals surface area contributed by atoms with Gasteiger partial charge in [0, 0.05) is 51.6 Å². The lowest BCUT2D eigenvalue weighted by Gasteiger charge is -2.19. The Morgan fingerprint density at radius 2 is 1.56 bits per heavy atom. The fraction of sp³-hybridized carbons (Fsp3) is 0.0769. The second-order valence-corrected chi connectivity index (χ2v) is 8.07. The molecule has 3 N–H and O–H groups in total. The number of H-pyrrole nitrogens is 2. The van der Waals surface area contributed by atoms with E-state index in [1.165, 1.54) is 6.07 Å². The quantitative estimate of drug-likeness (QED) is 0.349. The van der Waals surface area contributed by atoms with E-state index in [0.29, 0.717) is 28.0 Å². The fourth-order valence-electron chi connectivity index (χ4n) is 4.21. The first-order valence-corrected chi connectivity index (χ1v) is 10.7. The maximum atomic E-state index is 13.2. The average Bonchev–Trinajstić information content (AvgIpc) is 3.23. The van der Waals surface area contributed by atoms with E-state index in [1.54, 1.807) is 6.07 Å². The van der Waals surface area contributed by atoms with Crippen molar-refractivity contribution in [2.75, 3.05) is 6.54 Å². The van der Waals surface area contributed by atoms with Gasteiger partial charge in [0.1, 0.15) is 0 Å². The van der Waals surface area contributed by atoms with Gasteiger partial charge in [-0.25, -0.2) is 0 Å². The van der Waals surface area contributed by atoms with Gasteiger partial charge < -0.3 is 15.3 Å². The third-order valence-electron chi connectivity index (χ3n) is 5.74. The van der Waals surface area contributed by atoms with E-state index < -0.39 is 0 Å². The first-order chi connectivity index (χ1) is 15.6. The minimum absolute atomic E-state index is 0.169. The van der Waals surface area contributed by atoms with E-state index in [9.17, 15) is 9.59 Å². The summed E-state index contributed by atoms with van der Waals surface area (Å²) in [5.74, 6) is -0.471. The number of hydrogen-bond donors (Lipinski definition) is 3. The number of rotatable bonds is 5. The summed E-state index contributed by atoms with van der Waals surface area (Å²) in [5.41, 5.74) is 3.66. The van der Waals surface area contributed by atoms with Gasteiger partial charge in [0.2, 0.25) is 5.56 Å². The molecule has 3 aromatic carbocycles. The molecule has 0 fully saturated rings. The molecular formula is C26H20ClN3O2. The van der Waals surface area contributed by atoms with Crippen molar-refractivity contribution in [1.29, 1.82) is 0 Å². The average molecular weight is 442 g/mol. The van der Waals surface area contributed by atoms with Gasteiger partial charge in [-0.3, -0.25) is 9.59 Å². The maximum absolute atomic E-state index is 13.2. The van der Waals surface area contributed by atoms with Crippen LogP contribution in [0.1, 0.15) is 27.4 Å². The number of para-hydroxylation sites is 2. The van der Waals surface area contributed by atoms with Crippen LogP contribution in [-0.4, -0.2) is 22.4 Å². The zero-order valence-corrected chi connectivity index (χ0v) is 17.8. The predicted octanol–water partition coefficient (Wildman–Crippen LogP) is 5.22. The summed E-state index contributed by atoms with van der Waals surface area (Å²) in [6.45, 7) is 0.325. The largest absolute Gasteiger partial charge is 0.361 e. The number of amides is 1. The molecule has 2 heterocycles. The molecule has 6 heteroatoms. The van der Waals surface area contributed by atoms with Crippen molar-refractivity contribution in [1.82, 2.24) is 15.3 Å². The molecule has 32 heavy (non-hydrogen) atoms. The van der Waals surface area contributed by atoms with Gasteiger partial charge in [0.25, 0.3) is 5.91 Å². The van der Waals surface area contributed by atoms with Crippen LogP contribution in [0, 0.1) is 0 Å². The third-order valence-corrected chi connectivity index (χ3v) is 6.08. The highest BCUT2D eigenvalue weighted by Crippen LogP contribution is 2.34. The summed E-state index contributed by atoms with van der Waals surface area (Å²) < 4.78 is 0. The number of hydrogen-bond acceptors (Lipinski definition) is 2. The SMILES string of the molecule is O=C(NCC(c1ccccc1Cl)c1c[nH]c2ccccc12)c1cc(=O)[nH]c2ccccc12. The molecule has 158 valence electrons. The van der Waals surface area contributed by atoms with Gasteiger partial charge in [-0.05, 0) is 29.3 Å². The molecule has 1 unspecified atom stereocenters. The van der Waals surface area contributed by atoms with Crippen LogP contribution in [-0.2, 0) is 0 Å². The lowest BCUT2D eigenvalue weighted by Crippen LogP contribution is -2.30. The van der Waals surface area contributed by atoms with Crippen LogP contribution in [0.25, 0.3) is 21.8 Å². The van der Waals surface area contributed by atoms with E-state index >= 15 is 0 Å². The Balaban J connectivity index is 1.53. The number of fused-ring (bicyclic) bond motifs is 2. The van der Waals surface area contributed by atoms with Crippen LogP contribution in [0.3, 0.4) is 0 Å². The number of benzene rings is 3. The van der Waals surface area contributed by atoms with Gasteiger partial charge in [-0.2, -0.15) is 0 Å². The molecule has 0 bridgehead atoms. The third kappa shape index (κ3) is 3.67. The second-order valence-electron chi connectivity index (χ2n) is 7.67. The van der Waals surface area contributed by atoms with Gasteiger partial charge in [-0.1, -0.05) is 66.2 Å². The highest BCUT2D eigenvalue weighted by Gasteiger charge is 2.22. The van der Waals surface area contributed by atoms with Crippen LogP contribution in [0.15, 0.2) is 89.9 Å². The number of aromatic nitrogens is 2. The smallest absolute Gasteiger partial charge is 0.252 e. The normalized spacial score (nSPS) is 12.2. The Morgan fingerprint density at radius 1 is 0.875 bits per heavy atom. The molecule has 0 aliphatic rings. The minimum atomic E-state index is -0.312. The summed E-state index contributed by atoms with van der Waals surface area (Å²) in [6, 6.07) is 24.3. The van der Waals surface area contributed by atoms with Crippen molar-refractivity contribution in [3.8, 4) is 0 Å². The van der Waals surface area contributed by atoms with Crippen LogP contribution in [0.5, 0.6) is 0 Å². The lowest BCUT2D eigenvalue weighted by molar-refractivity contribution is 0.0954. The zero-order chi connectivity index (χ0) is 22.1. The molecule has 0 saturated heterocycles. The Kier molecular flexibility index (Phi) is 5.25. The fourth-order valence-corrected chi connectivity index (χ4v) is 4.48. The molecule has 1 amide bonds. The molecule has 5 aromatic rings. The standard InChI is InChI=1S/C26H20ClN3O2/c27-22-10-4-1-7-16(22)20(21-14-28-23-11-5-2-9-18(21)23)15-29-26(32)19-13-25(31)30-24-12-6-3-8-17(19)24/h1-14,20,28H,15H2,(H,29,32)(H,30,31). The molecule has 0 radical (unpaired) electrons. The first kappa shape index (κ1) is 20.1. The van der Waals surface area contributed by atoms with Crippen molar-refractivity contribution < 1.29 is 4.79 Å². The topological polar surface area (TPSA) is 77.8 Å². The van der Waals surface area contributed by atoms with E-state index in [1.807, 2.05) is 66.9 Å². The Bertz CT molecular complexity index is 1500. The van der Waals surface area contributed by atoms with E-state index in [-0.39, 0.29) is 17.4 Å². The highest BCUT2D eigenvalue weighted by atomic mass is 35.5. The van der Waals surface area contributed by atoms with E-state index in [0.717, 1.165) is 22.0 Å². The molecule has 0 aliphatic carbocycles. The number of aromatic amines is 2. The molecule has 5 nitrogen and oxygen atoms in total. The Labute approximate surface area is 189 Å². The summed E-state index contributed by atoms with van der Waals surface area (Å²) in [6.07, 6.45) is 1.97. The van der Waals surface area contributed by atoms with Crippen molar-refractivity contribution in [3.63, 3.8) is 0 Å². The van der Waals surface area contributed by atoms with Gasteiger partial charge >= 0.3 is 0 Å². The van der Waals surface area contributed by atoms with Crippen LogP contribution >= 0.6 is 11.6 Å². The van der Waals surface area contributed by atoms with Gasteiger partial charge in [0.05, 0.1) is 5.56 Å². The Morgan fingerprint density at radius 3 is 2.38 bits per heavy atom. The summed E-state index contributed by atoms with van der Waals surface area (Å²) in [4.78, 5) is 31.3. The molecule has 0 aliphatic heterocycles. The molecule has 0 saturated carbocycles. The number of pyridine rings is 1. The molecule has 1 atom stereocenters. The Hall–Kier alpha value is -3.83.